The minimum absolute atomic E-state index is 0.0675. The second kappa shape index (κ2) is 6.07. The van der Waals surface area contributed by atoms with E-state index in [4.69, 9.17) is 11.6 Å². The van der Waals surface area contributed by atoms with E-state index in [2.05, 4.69) is 16.4 Å². The van der Waals surface area contributed by atoms with Crippen LogP contribution in [0.25, 0.3) is 10.2 Å². The number of halogens is 1. The monoisotopic (exact) mass is 330 g/mol. The topological polar surface area (TPSA) is 42.0 Å². The lowest BCUT2D eigenvalue weighted by molar-refractivity contribution is -0.115. The van der Waals surface area contributed by atoms with E-state index >= 15 is 0 Å². The first-order chi connectivity index (χ1) is 10.5. The van der Waals surface area contributed by atoms with Gasteiger partial charge >= 0.3 is 0 Å². The molecule has 1 amide bonds. The first-order valence-corrected chi connectivity index (χ1v) is 8.13. The Hall–Kier alpha value is -1.91. The largest absolute Gasteiger partial charge is 0.302 e. The number of para-hydroxylation sites is 1. The third-order valence-corrected chi connectivity index (χ3v) is 4.71. The van der Waals surface area contributed by atoms with Crippen molar-refractivity contribution >= 4 is 44.2 Å². The van der Waals surface area contributed by atoms with Crippen LogP contribution < -0.4 is 5.32 Å². The van der Waals surface area contributed by atoms with Crippen LogP contribution >= 0.6 is 22.9 Å². The van der Waals surface area contributed by atoms with Gasteiger partial charge in [-0.1, -0.05) is 52.8 Å². The molecule has 0 saturated carbocycles. The Labute approximate surface area is 138 Å². The predicted molar refractivity (Wildman–Crippen MR) is 92.9 cm³/mol. The molecule has 0 spiro atoms. The summed E-state index contributed by atoms with van der Waals surface area (Å²) >= 11 is 7.53. The summed E-state index contributed by atoms with van der Waals surface area (Å²) in [4.78, 5) is 16.6. The van der Waals surface area contributed by atoms with E-state index in [0.717, 1.165) is 21.3 Å². The molecule has 1 aromatic heterocycles. The van der Waals surface area contributed by atoms with Gasteiger partial charge in [0.05, 0.1) is 16.1 Å². The smallest absolute Gasteiger partial charge is 0.230 e. The molecule has 22 heavy (non-hydrogen) atoms. The van der Waals surface area contributed by atoms with Gasteiger partial charge in [-0.05, 0) is 37.1 Å². The summed E-state index contributed by atoms with van der Waals surface area (Å²) in [6.07, 6.45) is 0.343. The maximum absolute atomic E-state index is 12.2. The van der Waals surface area contributed by atoms with Crippen molar-refractivity contribution in [1.29, 1.82) is 0 Å². The minimum atomic E-state index is -0.0675. The molecule has 0 unspecified atom stereocenters. The minimum Gasteiger partial charge on any atom is -0.302 e. The number of carbonyl (C=O) groups is 1. The van der Waals surface area contributed by atoms with E-state index in [1.165, 1.54) is 16.9 Å². The highest BCUT2D eigenvalue weighted by Gasteiger charge is 2.11. The zero-order valence-electron chi connectivity index (χ0n) is 12.3. The third kappa shape index (κ3) is 3.13. The Morgan fingerprint density at radius 1 is 1.27 bits per heavy atom. The number of amides is 1. The van der Waals surface area contributed by atoms with E-state index in [0.29, 0.717) is 16.6 Å². The molecular formula is C17H15ClN2OS. The number of fused-ring (bicyclic) bond motifs is 1. The van der Waals surface area contributed by atoms with Gasteiger partial charge in [0.25, 0.3) is 0 Å². The average Bonchev–Trinajstić information content (AvgIpc) is 2.86. The van der Waals surface area contributed by atoms with E-state index in [1.54, 1.807) is 6.07 Å². The van der Waals surface area contributed by atoms with Crippen molar-refractivity contribution < 1.29 is 4.79 Å². The zero-order chi connectivity index (χ0) is 15.7. The van der Waals surface area contributed by atoms with Gasteiger partial charge in [-0.25, -0.2) is 4.98 Å². The lowest BCUT2D eigenvalue weighted by Crippen LogP contribution is -2.14. The Morgan fingerprint density at radius 2 is 2.09 bits per heavy atom. The van der Waals surface area contributed by atoms with Crippen molar-refractivity contribution in [2.45, 2.75) is 20.3 Å². The van der Waals surface area contributed by atoms with E-state index in [1.807, 2.05) is 38.1 Å². The number of aromatic nitrogens is 1. The number of nitrogens with one attached hydrogen (secondary N) is 1. The molecule has 3 rings (SSSR count). The van der Waals surface area contributed by atoms with Gasteiger partial charge < -0.3 is 5.32 Å². The number of anilines is 1. The summed E-state index contributed by atoms with van der Waals surface area (Å²) in [5, 5.41) is 4.04. The molecule has 0 aliphatic heterocycles. The van der Waals surface area contributed by atoms with Crippen molar-refractivity contribution in [1.82, 2.24) is 4.98 Å². The van der Waals surface area contributed by atoms with Crippen molar-refractivity contribution in [3.8, 4) is 0 Å². The number of nitrogens with zero attached hydrogens (tertiary/aromatic N) is 1. The number of hydrogen-bond donors (Lipinski definition) is 1. The summed E-state index contributed by atoms with van der Waals surface area (Å²) in [6.45, 7) is 4.06. The normalized spacial score (nSPS) is 10.9. The Balaban J connectivity index is 1.77. The second-order valence-corrected chi connectivity index (χ2v) is 6.70. The van der Waals surface area contributed by atoms with E-state index in [-0.39, 0.29) is 5.91 Å². The van der Waals surface area contributed by atoms with Gasteiger partial charge in [0.15, 0.2) is 5.13 Å². The Kier molecular flexibility index (Phi) is 4.14. The van der Waals surface area contributed by atoms with E-state index < -0.39 is 0 Å². The lowest BCUT2D eigenvalue weighted by Gasteiger charge is -2.06. The van der Waals surface area contributed by atoms with Crippen LogP contribution in [-0.2, 0) is 11.2 Å². The van der Waals surface area contributed by atoms with Crippen LogP contribution in [0.4, 0.5) is 5.13 Å². The Morgan fingerprint density at radius 3 is 2.82 bits per heavy atom. The summed E-state index contributed by atoms with van der Waals surface area (Å²) in [6, 6.07) is 11.7. The first-order valence-electron chi connectivity index (χ1n) is 6.94. The van der Waals surface area contributed by atoms with Gasteiger partial charge in [-0.15, -0.1) is 0 Å². The van der Waals surface area contributed by atoms with Crippen molar-refractivity contribution in [3.63, 3.8) is 0 Å². The van der Waals surface area contributed by atoms with Crippen LogP contribution in [0, 0.1) is 13.8 Å². The highest BCUT2D eigenvalue weighted by molar-refractivity contribution is 7.22. The standard InChI is InChI=1S/C17H15ClN2OS/c1-10-6-7-12(11(2)8-10)9-15(21)19-17-20-16-13(18)4-3-5-14(16)22-17/h3-8H,9H2,1-2H3,(H,19,20,21). The maximum atomic E-state index is 12.2. The number of aryl methyl sites for hydroxylation is 2. The molecule has 112 valence electrons. The van der Waals surface area contributed by atoms with Crippen LogP contribution in [0.1, 0.15) is 16.7 Å². The van der Waals surface area contributed by atoms with Crippen LogP contribution in [0.3, 0.4) is 0 Å². The summed E-state index contributed by atoms with van der Waals surface area (Å²) < 4.78 is 0.967. The Bertz CT molecular complexity index is 857. The average molecular weight is 331 g/mol. The predicted octanol–water partition coefficient (Wildman–Crippen LogP) is 4.75. The number of hydrogen-bond acceptors (Lipinski definition) is 3. The van der Waals surface area contributed by atoms with Crippen LogP contribution in [-0.4, -0.2) is 10.9 Å². The molecule has 3 nitrogen and oxygen atoms in total. The number of carbonyl (C=O) groups excluding carboxylic acids is 1. The second-order valence-electron chi connectivity index (χ2n) is 5.26. The van der Waals surface area contributed by atoms with E-state index in [9.17, 15) is 4.79 Å². The molecular weight excluding hydrogens is 316 g/mol. The molecule has 0 fully saturated rings. The van der Waals surface area contributed by atoms with Crippen LogP contribution in [0.5, 0.6) is 0 Å². The summed E-state index contributed by atoms with van der Waals surface area (Å²) in [5.74, 6) is -0.0675. The first kappa shape index (κ1) is 15.0. The molecule has 5 heteroatoms. The van der Waals surface area contributed by atoms with Crippen LogP contribution in [0.2, 0.25) is 5.02 Å². The van der Waals surface area contributed by atoms with Gasteiger partial charge in [0.2, 0.25) is 5.91 Å². The summed E-state index contributed by atoms with van der Waals surface area (Å²) in [5.41, 5.74) is 4.09. The molecule has 0 radical (unpaired) electrons. The highest BCUT2D eigenvalue weighted by atomic mass is 35.5. The fourth-order valence-corrected chi connectivity index (χ4v) is 3.53. The van der Waals surface area contributed by atoms with Crippen molar-refractivity contribution in [2.24, 2.45) is 0 Å². The molecule has 0 saturated heterocycles. The maximum Gasteiger partial charge on any atom is 0.230 e. The number of thiazole rings is 1. The number of rotatable bonds is 3. The molecule has 2 aromatic carbocycles. The van der Waals surface area contributed by atoms with Gasteiger partial charge in [-0.2, -0.15) is 0 Å². The van der Waals surface area contributed by atoms with Crippen LogP contribution in [0.15, 0.2) is 36.4 Å². The van der Waals surface area contributed by atoms with Crippen molar-refractivity contribution in [2.75, 3.05) is 5.32 Å². The number of benzene rings is 2. The fraction of sp³-hybridized carbons (Fsp3) is 0.176. The van der Waals surface area contributed by atoms with Crippen molar-refractivity contribution in [3.05, 3.63) is 58.1 Å². The summed E-state index contributed by atoms with van der Waals surface area (Å²) in [7, 11) is 0. The van der Waals surface area contributed by atoms with Gasteiger partial charge in [0, 0.05) is 0 Å². The fourth-order valence-electron chi connectivity index (χ4n) is 2.35. The molecule has 0 aliphatic carbocycles. The third-order valence-electron chi connectivity index (χ3n) is 3.47. The molecule has 0 atom stereocenters. The highest BCUT2D eigenvalue weighted by Crippen LogP contribution is 2.30. The lowest BCUT2D eigenvalue weighted by atomic mass is 10.0. The molecule has 1 N–H and O–H groups in total. The molecule has 3 aromatic rings. The molecule has 0 aliphatic rings. The SMILES string of the molecule is Cc1ccc(CC(=O)Nc2nc3c(Cl)cccc3s2)c(C)c1. The zero-order valence-corrected chi connectivity index (χ0v) is 13.9. The van der Waals surface area contributed by atoms with Gasteiger partial charge in [0.1, 0.15) is 5.52 Å². The molecule has 0 bridgehead atoms. The molecule has 1 heterocycles. The quantitative estimate of drug-likeness (QED) is 0.753. The van der Waals surface area contributed by atoms with Gasteiger partial charge in [-0.3, -0.25) is 4.79 Å².